The van der Waals surface area contributed by atoms with Crippen LogP contribution in [0.4, 0.5) is 0 Å². The number of ether oxygens (including phenoxy) is 5. The standard InChI is InChI=1S/C30H28O10/c1-20(31)38-25(18-36-28(33)22-12-6-3-7-13-22)27(39-21(2)32)26(40-30(35)24-16-10-5-11-17-24)19-37-29(34)23-14-8-4-9-15-23/h3-17,25-27H,18-19H2,1-2H3/t25-,26+,27+/m1/s1. The number of hydrogen-bond acceptors (Lipinski definition) is 10. The molecule has 0 spiro atoms. The van der Waals surface area contributed by atoms with E-state index in [0.29, 0.717) is 0 Å². The molecule has 3 aromatic rings. The molecule has 0 unspecified atom stereocenters. The summed E-state index contributed by atoms with van der Waals surface area (Å²) >= 11 is 0. The number of hydrogen-bond donors (Lipinski definition) is 0. The van der Waals surface area contributed by atoms with Crippen LogP contribution in [0, 0.1) is 0 Å². The lowest BCUT2D eigenvalue weighted by Crippen LogP contribution is -2.49. The number of benzene rings is 3. The molecular formula is C30H28O10. The molecule has 0 radical (unpaired) electrons. The van der Waals surface area contributed by atoms with Gasteiger partial charge in [-0.15, -0.1) is 0 Å². The third-order valence-electron chi connectivity index (χ3n) is 5.40. The van der Waals surface area contributed by atoms with Gasteiger partial charge in [0.05, 0.1) is 16.7 Å². The first kappa shape index (κ1) is 29.6. The summed E-state index contributed by atoms with van der Waals surface area (Å²) in [6.45, 7) is 1.07. The quantitative estimate of drug-likeness (QED) is 0.243. The molecule has 3 rings (SSSR count). The summed E-state index contributed by atoms with van der Waals surface area (Å²) in [5.41, 5.74) is 0.632. The van der Waals surface area contributed by atoms with Crippen molar-refractivity contribution in [2.45, 2.75) is 32.2 Å². The minimum absolute atomic E-state index is 0.169. The molecule has 0 bridgehead atoms. The van der Waals surface area contributed by atoms with Gasteiger partial charge < -0.3 is 23.7 Å². The van der Waals surface area contributed by atoms with Gasteiger partial charge in [0.15, 0.2) is 18.3 Å². The Balaban J connectivity index is 1.89. The summed E-state index contributed by atoms with van der Waals surface area (Å²) in [5, 5.41) is 0. The van der Waals surface area contributed by atoms with Crippen molar-refractivity contribution in [2.24, 2.45) is 0 Å². The largest absolute Gasteiger partial charge is 0.458 e. The maximum absolute atomic E-state index is 13.0. The van der Waals surface area contributed by atoms with E-state index in [2.05, 4.69) is 0 Å². The summed E-state index contributed by atoms with van der Waals surface area (Å²) in [5.74, 6) is -3.88. The zero-order valence-electron chi connectivity index (χ0n) is 21.9. The van der Waals surface area contributed by atoms with Crippen LogP contribution in [0.1, 0.15) is 44.9 Å². The predicted octanol–water partition coefficient (Wildman–Crippen LogP) is 3.79. The van der Waals surface area contributed by atoms with Gasteiger partial charge in [-0.05, 0) is 36.4 Å². The van der Waals surface area contributed by atoms with Crippen molar-refractivity contribution in [2.75, 3.05) is 13.2 Å². The van der Waals surface area contributed by atoms with Crippen molar-refractivity contribution >= 4 is 29.8 Å². The molecule has 10 heteroatoms. The number of esters is 5. The Bertz CT molecular complexity index is 1290. The lowest BCUT2D eigenvalue weighted by atomic mass is 10.1. The van der Waals surface area contributed by atoms with E-state index in [0.717, 1.165) is 13.8 Å². The molecule has 208 valence electrons. The van der Waals surface area contributed by atoms with E-state index < -0.39 is 61.4 Å². The highest BCUT2D eigenvalue weighted by Gasteiger charge is 2.39. The molecule has 0 heterocycles. The Kier molecular flexibility index (Phi) is 11.0. The van der Waals surface area contributed by atoms with Crippen LogP contribution in [0.5, 0.6) is 0 Å². The van der Waals surface area contributed by atoms with Crippen molar-refractivity contribution in [1.29, 1.82) is 0 Å². The van der Waals surface area contributed by atoms with E-state index in [-0.39, 0.29) is 16.7 Å². The first-order valence-corrected chi connectivity index (χ1v) is 12.3. The predicted molar refractivity (Wildman–Crippen MR) is 140 cm³/mol. The second kappa shape index (κ2) is 14.8. The zero-order valence-corrected chi connectivity index (χ0v) is 21.9. The fraction of sp³-hybridized carbons (Fsp3) is 0.233. The van der Waals surface area contributed by atoms with Crippen molar-refractivity contribution < 1.29 is 47.7 Å². The topological polar surface area (TPSA) is 132 Å². The van der Waals surface area contributed by atoms with E-state index in [1.165, 1.54) is 36.4 Å². The highest BCUT2D eigenvalue weighted by Crippen LogP contribution is 2.18. The van der Waals surface area contributed by atoms with Crippen LogP contribution >= 0.6 is 0 Å². The molecule has 0 aliphatic carbocycles. The molecule has 3 aromatic carbocycles. The second-order valence-corrected chi connectivity index (χ2v) is 8.46. The van der Waals surface area contributed by atoms with Gasteiger partial charge in [-0.25, -0.2) is 14.4 Å². The van der Waals surface area contributed by atoms with Crippen molar-refractivity contribution in [3.8, 4) is 0 Å². The normalized spacial score (nSPS) is 12.7. The molecule has 0 saturated carbocycles. The smallest absolute Gasteiger partial charge is 0.338 e. The third kappa shape index (κ3) is 9.09. The maximum atomic E-state index is 13.0. The van der Waals surface area contributed by atoms with E-state index in [4.69, 9.17) is 23.7 Å². The molecule has 40 heavy (non-hydrogen) atoms. The van der Waals surface area contributed by atoms with Gasteiger partial charge in [0.2, 0.25) is 0 Å². The van der Waals surface area contributed by atoms with Gasteiger partial charge in [-0.3, -0.25) is 9.59 Å². The maximum Gasteiger partial charge on any atom is 0.338 e. The van der Waals surface area contributed by atoms with Crippen LogP contribution < -0.4 is 0 Å². The van der Waals surface area contributed by atoms with E-state index in [1.54, 1.807) is 54.6 Å². The van der Waals surface area contributed by atoms with Crippen molar-refractivity contribution in [3.63, 3.8) is 0 Å². The van der Waals surface area contributed by atoms with Crippen LogP contribution in [0.2, 0.25) is 0 Å². The Morgan fingerprint density at radius 3 is 1.23 bits per heavy atom. The second-order valence-electron chi connectivity index (χ2n) is 8.46. The van der Waals surface area contributed by atoms with Crippen LogP contribution in [0.15, 0.2) is 91.0 Å². The fourth-order valence-corrected chi connectivity index (χ4v) is 3.60. The van der Waals surface area contributed by atoms with Gasteiger partial charge in [0.1, 0.15) is 13.2 Å². The molecule has 0 N–H and O–H groups in total. The average Bonchev–Trinajstić information content (AvgIpc) is 2.97. The van der Waals surface area contributed by atoms with Gasteiger partial charge in [-0.1, -0.05) is 54.6 Å². The SMILES string of the molecule is CC(=O)O[C@H]([C@H](COC(=O)c1ccccc1)OC(=O)c1ccccc1)[C@@H](COC(=O)c1ccccc1)OC(C)=O. The number of rotatable bonds is 12. The Morgan fingerprint density at radius 2 is 0.850 bits per heavy atom. The molecule has 0 amide bonds. The lowest BCUT2D eigenvalue weighted by Gasteiger charge is -2.31. The minimum Gasteiger partial charge on any atom is -0.458 e. The van der Waals surface area contributed by atoms with Gasteiger partial charge in [0.25, 0.3) is 0 Å². The highest BCUT2D eigenvalue weighted by atomic mass is 16.6. The highest BCUT2D eigenvalue weighted by molar-refractivity contribution is 5.90. The van der Waals surface area contributed by atoms with E-state index in [1.807, 2.05) is 0 Å². The lowest BCUT2D eigenvalue weighted by molar-refractivity contribution is -0.181. The summed E-state index contributed by atoms with van der Waals surface area (Å²) < 4.78 is 27.1. The van der Waals surface area contributed by atoms with Crippen LogP contribution in [-0.4, -0.2) is 61.4 Å². The number of carbonyl (C=O) groups is 5. The van der Waals surface area contributed by atoms with Gasteiger partial charge in [0, 0.05) is 13.8 Å². The number of carbonyl (C=O) groups excluding carboxylic acids is 5. The van der Waals surface area contributed by atoms with Gasteiger partial charge in [-0.2, -0.15) is 0 Å². The average molecular weight is 549 g/mol. The first-order valence-electron chi connectivity index (χ1n) is 12.3. The molecule has 3 atom stereocenters. The van der Waals surface area contributed by atoms with Crippen molar-refractivity contribution in [1.82, 2.24) is 0 Å². The monoisotopic (exact) mass is 548 g/mol. The third-order valence-corrected chi connectivity index (χ3v) is 5.40. The summed E-state index contributed by atoms with van der Waals surface area (Å²) in [6.07, 6.45) is -4.39. The van der Waals surface area contributed by atoms with E-state index in [9.17, 15) is 24.0 Å². The van der Waals surface area contributed by atoms with Crippen LogP contribution in [0.3, 0.4) is 0 Å². The molecule has 0 saturated heterocycles. The minimum atomic E-state index is -1.51. The zero-order chi connectivity index (χ0) is 28.9. The summed E-state index contributed by atoms with van der Waals surface area (Å²) in [7, 11) is 0. The summed E-state index contributed by atoms with van der Waals surface area (Å²) in [6, 6.07) is 24.1. The Labute approximate surface area is 230 Å². The molecule has 0 fully saturated rings. The Hall–Kier alpha value is -4.99. The molecule has 0 aliphatic rings. The summed E-state index contributed by atoms with van der Waals surface area (Å²) in [4.78, 5) is 62.2. The van der Waals surface area contributed by atoms with E-state index >= 15 is 0 Å². The fourth-order valence-electron chi connectivity index (χ4n) is 3.60. The first-order chi connectivity index (χ1) is 19.2. The Morgan fingerprint density at radius 1 is 0.500 bits per heavy atom. The molecule has 0 aliphatic heterocycles. The molecular weight excluding hydrogens is 520 g/mol. The van der Waals surface area contributed by atoms with Crippen LogP contribution in [-0.2, 0) is 33.3 Å². The molecule has 10 nitrogen and oxygen atoms in total. The van der Waals surface area contributed by atoms with Gasteiger partial charge >= 0.3 is 29.8 Å². The van der Waals surface area contributed by atoms with Crippen LogP contribution in [0.25, 0.3) is 0 Å². The molecule has 0 aromatic heterocycles. The van der Waals surface area contributed by atoms with Crippen molar-refractivity contribution in [3.05, 3.63) is 108 Å².